The van der Waals surface area contributed by atoms with Crippen molar-refractivity contribution in [3.63, 3.8) is 0 Å². The standard InChI is InChI=1S/C14H21NO3/c1-10(16)11-6-7-15(8-11)9-12-4-3-5-13(18-2)14(12)17/h3-5,10-11,16-17H,6-9H2,1-2H3. The topological polar surface area (TPSA) is 52.9 Å². The second-order valence-electron chi connectivity index (χ2n) is 4.99. The van der Waals surface area contributed by atoms with Crippen LogP contribution in [0.15, 0.2) is 18.2 Å². The Bertz CT molecular complexity index is 406. The van der Waals surface area contributed by atoms with Gasteiger partial charge in [0.15, 0.2) is 11.5 Å². The Morgan fingerprint density at radius 3 is 2.89 bits per heavy atom. The Kier molecular flexibility index (Phi) is 4.09. The Balaban J connectivity index is 2.02. The predicted octanol–water partition coefficient (Wildman–Crippen LogP) is 1.60. The van der Waals surface area contributed by atoms with E-state index in [2.05, 4.69) is 4.90 Å². The summed E-state index contributed by atoms with van der Waals surface area (Å²) in [6, 6.07) is 5.55. The van der Waals surface area contributed by atoms with Crippen LogP contribution in [0.3, 0.4) is 0 Å². The van der Waals surface area contributed by atoms with Crippen LogP contribution in [-0.4, -0.2) is 41.4 Å². The van der Waals surface area contributed by atoms with Crippen LogP contribution in [0.5, 0.6) is 11.5 Å². The van der Waals surface area contributed by atoms with Crippen molar-refractivity contribution in [1.82, 2.24) is 4.90 Å². The molecule has 0 aliphatic carbocycles. The van der Waals surface area contributed by atoms with Gasteiger partial charge in [-0.05, 0) is 31.9 Å². The SMILES string of the molecule is COc1cccc(CN2CCC(C(C)O)C2)c1O. The van der Waals surface area contributed by atoms with Gasteiger partial charge in [-0.15, -0.1) is 0 Å². The molecule has 0 saturated carbocycles. The molecule has 0 spiro atoms. The maximum atomic E-state index is 10.0. The van der Waals surface area contributed by atoms with E-state index in [-0.39, 0.29) is 11.9 Å². The normalized spacial score (nSPS) is 22.1. The van der Waals surface area contributed by atoms with Crippen molar-refractivity contribution < 1.29 is 14.9 Å². The Morgan fingerprint density at radius 1 is 1.50 bits per heavy atom. The summed E-state index contributed by atoms with van der Waals surface area (Å²) in [5.74, 6) is 1.08. The summed E-state index contributed by atoms with van der Waals surface area (Å²) in [5, 5.41) is 19.6. The first-order chi connectivity index (χ1) is 8.61. The van der Waals surface area contributed by atoms with E-state index >= 15 is 0 Å². The number of phenolic OH excluding ortho intramolecular Hbond substituents is 1. The number of ether oxygens (including phenoxy) is 1. The van der Waals surface area contributed by atoms with Gasteiger partial charge in [0.1, 0.15) is 0 Å². The van der Waals surface area contributed by atoms with Crippen molar-refractivity contribution in [3.8, 4) is 11.5 Å². The van der Waals surface area contributed by atoms with Crippen LogP contribution >= 0.6 is 0 Å². The van der Waals surface area contributed by atoms with Gasteiger partial charge in [-0.25, -0.2) is 0 Å². The first-order valence-electron chi connectivity index (χ1n) is 6.37. The van der Waals surface area contributed by atoms with Crippen molar-refractivity contribution in [2.45, 2.75) is 26.0 Å². The number of benzene rings is 1. The molecule has 4 nitrogen and oxygen atoms in total. The maximum Gasteiger partial charge on any atom is 0.162 e. The average molecular weight is 251 g/mol. The van der Waals surface area contributed by atoms with Gasteiger partial charge in [-0.3, -0.25) is 4.90 Å². The summed E-state index contributed by atoms with van der Waals surface area (Å²) < 4.78 is 5.10. The molecule has 0 amide bonds. The fraction of sp³-hybridized carbons (Fsp3) is 0.571. The van der Waals surface area contributed by atoms with E-state index in [1.165, 1.54) is 0 Å². The minimum absolute atomic E-state index is 0.223. The molecular formula is C14H21NO3. The number of aromatic hydroxyl groups is 1. The fourth-order valence-corrected chi connectivity index (χ4v) is 2.50. The van der Waals surface area contributed by atoms with Crippen LogP contribution in [0.1, 0.15) is 18.9 Å². The Morgan fingerprint density at radius 2 is 2.28 bits per heavy atom. The van der Waals surface area contributed by atoms with E-state index in [1.54, 1.807) is 13.2 Å². The highest BCUT2D eigenvalue weighted by Gasteiger charge is 2.26. The number of aliphatic hydroxyl groups is 1. The van der Waals surface area contributed by atoms with E-state index in [1.807, 2.05) is 19.1 Å². The van der Waals surface area contributed by atoms with Crippen LogP contribution in [0.2, 0.25) is 0 Å². The third-order valence-corrected chi connectivity index (χ3v) is 3.69. The van der Waals surface area contributed by atoms with Crippen LogP contribution in [0.25, 0.3) is 0 Å². The lowest BCUT2D eigenvalue weighted by atomic mass is 10.0. The molecule has 2 rings (SSSR count). The summed E-state index contributed by atoms with van der Waals surface area (Å²) in [6.07, 6.45) is 0.761. The molecule has 1 fully saturated rings. The zero-order valence-electron chi connectivity index (χ0n) is 11.0. The molecule has 1 aromatic carbocycles. The molecular weight excluding hydrogens is 230 g/mol. The van der Waals surface area contributed by atoms with E-state index in [0.717, 1.165) is 25.1 Å². The third-order valence-electron chi connectivity index (χ3n) is 3.69. The van der Waals surface area contributed by atoms with E-state index in [4.69, 9.17) is 4.74 Å². The van der Waals surface area contributed by atoms with Gasteiger partial charge >= 0.3 is 0 Å². The smallest absolute Gasteiger partial charge is 0.162 e. The van der Waals surface area contributed by atoms with Crippen LogP contribution < -0.4 is 4.74 Å². The van der Waals surface area contributed by atoms with E-state index in [9.17, 15) is 10.2 Å². The molecule has 0 aromatic heterocycles. The molecule has 4 heteroatoms. The summed E-state index contributed by atoms with van der Waals surface area (Å²) in [4.78, 5) is 2.26. The lowest BCUT2D eigenvalue weighted by Gasteiger charge is -2.18. The maximum absolute atomic E-state index is 10.0. The highest BCUT2D eigenvalue weighted by atomic mass is 16.5. The molecule has 2 unspecified atom stereocenters. The van der Waals surface area contributed by atoms with Gasteiger partial charge in [0.25, 0.3) is 0 Å². The van der Waals surface area contributed by atoms with E-state index < -0.39 is 0 Å². The highest BCUT2D eigenvalue weighted by Crippen LogP contribution is 2.31. The van der Waals surface area contributed by atoms with Crippen LogP contribution in [-0.2, 0) is 6.54 Å². The van der Waals surface area contributed by atoms with Gasteiger partial charge in [-0.2, -0.15) is 0 Å². The summed E-state index contributed by atoms with van der Waals surface area (Å²) >= 11 is 0. The molecule has 2 N–H and O–H groups in total. The van der Waals surface area contributed by atoms with Crippen molar-refractivity contribution in [2.24, 2.45) is 5.92 Å². The fourth-order valence-electron chi connectivity index (χ4n) is 2.50. The number of hydrogen-bond donors (Lipinski definition) is 2. The minimum Gasteiger partial charge on any atom is -0.504 e. The Hall–Kier alpha value is -1.26. The van der Waals surface area contributed by atoms with Crippen LogP contribution in [0, 0.1) is 5.92 Å². The molecule has 1 aliphatic heterocycles. The van der Waals surface area contributed by atoms with Gasteiger partial charge in [0, 0.05) is 18.7 Å². The highest BCUT2D eigenvalue weighted by molar-refractivity contribution is 5.45. The molecule has 1 saturated heterocycles. The van der Waals surface area contributed by atoms with Crippen molar-refractivity contribution in [2.75, 3.05) is 20.2 Å². The second-order valence-corrected chi connectivity index (χ2v) is 4.99. The van der Waals surface area contributed by atoms with Crippen molar-refractivity contribution in [1.29, 1.82) is 0 Å². The lowest BCUT2D eigenvalue weighted by Crippen LogP contribution is -2.24. The number of nitrogens with zero attached hydrogens (tertiary/aromatic N) is 1. The number of methoxy groups -OCH3 is 1. The van der Waals surface area contributed by atoms with Gasteiger partial charge in [0.2, 0.25) is 0 Å². The third kappa shape index (κ3) is 2.76. The molecule has 0 bridgehead atoms. The van der Waals surface area contributed by atoms with Crippen molar-refractivity contribution in [3.05, 3.63) is 23.8 Å². The minimum atomic E-state index is -0.256. The monoisotopic (exact) mass is 251 g/mol. The van der Waals surface area contributed by atoms with Gasteiger partial charge in [0.05, 0.1) is 13.2 Å². The number of hydrogen-bond acceptors (Lipinski definition) is 4. The van der Waals surface area contributed by atoms with Crippen molar-refractivity contribution >= 4 is 0 Å². The molecule has 0 radical (unpaired) electrons. The first-order valence-corrected chi connectivity index (χ1v) is 6.37. The molecule has 100 valence electrons. The lowest BCUT2D eigenvalue weighted by molar-refractivity contribution is 0.127. The molecule has 1 heterocycles. The zero-order valence-corrected chi connectivity index (χ0v) is 11.0. The summed E-state index contributed by atoms with van der Waals surface area (Å²) in [7, 11) is 1.55. The predicted molar refractivity (Wildman–Crippen MR) is 69.7 cm³/mol. The summed E-state index contributed by atoms with van der Waals surface area (Å²) in [5.41, 5.74) is 0.876. The largest absolute Gasteiger partial charge is 0.504 e. The molecule has 18 heavy (non-hydrogen) atoms. The number of aliphatic hydroxyl groups excluding tert-OH is 1. The zero-order chi connectivity index (χ0) is 13.1. The average Bonchev–Trinajstić information content (AvgIpc) is 2.80. The summed E-state index contributed by atoms with van der Waals surface area (Å²) in [6.45, 7) is 4.39. The molecule has 2 atom stereocenters. The van der Waals surface area contributed by atoms with E-state index in [0.29, 0.717) is 18.2 Å². The first kappa shape index (κ1) is 13.2. The van der Waals surface area contributed by atoms with Gasteiger partial charge in [-0.1, -0.05) is 12.1 Å². The number of phenols is 1. The number of para-hydroxylation sites is 1. The number of likely N-dealkylation sites (tertiary alicyclic amines) is 1. The Labute approximate surface area is 108 Å². The number of rotatable bonds is 4. The second kappa shape index (κ2) is 5.59. The molecule has 1 aliphatic rings. The quantitative estimate of drug-likeness (QED) is 0.853. The van der Waals surface area contributed by atoms with Gasteiger partial charge < -0.3 is 14.9 Å². The molecule has 1 aromatic rings. The van der Waals surface area contributed by atoms with Crippen LogP contribution in [0.4, 0.5) is 0 Å².